The molecule has 316 valence electrons. The third-order valence-corrected chi connectivity index (χ3v) is 13.3. The lowest BCUT2D eigenvalue weighted by molar-refractivity contribution is 0.282. The summed E-state index contributed by atoms with van der Waals surface area (Å²) >= 11 is 0. The number of anilines is 1. The van der Waals surface area contributed by atoms with Gasteiger partial charge < -0.3 is 15.6 Å². The summed E-state index contributed by atoms with van der Waals surface area (Å²) in [6.07, 6.45) is 0. The van der Waals surface area contributed by atoms with Crippen molar-refractivity contribution in [3.63, 3.8) is 0 Å². The molecule has 0 bridgehead atoms. The first kappa shape index (κ1) is 45.9. The largest absolute Gasteiger partial charge is 0.505 e. The molecule has 31 heteroatoms. The fourth-order valence-electron chi connectivity index (χ4n) is 4.73. The standard InChI is InChI=1S/C27H27N5O20S6/c1-50-20-6-5-18(54(36,37)10-8-52-58(47,48)49)14-19(20)30-32-26-22(56(41,42)43)12-15-11-21(55(38,39)40)25(24(28)23(15)27(26)33)31-29-16-3-2-4-17(13-16)53(34,35)9-7-51-57(44,45)46/h2-6,11-14,33H,7-10,28H2,1H3,(H,38,39,40)(H,41,42,43)(H,44,45,46)(H,47,48,49). The second-order valence-corrected chi connectivity index (χ2v) is 20.3. The van der Waals surface area contributed by atoms with Crippen molar-refractivity contribution < 1.29 is 86.9 Å². The number of azo groups is 2. The highest BCUT2D eigenvalue weighted by Crippen LogP contribution is 2.48. The molecule has 4 rings (SSSR count). The molecule has 0 atom stereocenters. The molecular formula is C27H27N5O20S6. The van der Waals surface area contributed by atoms with Crippen LogP contribution in [0.2, 0.25) is 0 Å². The summed E-state index contributed by atoms with van der Waals surface area (Å²) in [4.78, 5) is -3.36. The van der Waals surface area contributed by atoms with Crippen LogP contribution in [0.3, 0.4) is 0 Å². The van der Waals surface area contributed by atoms with E-state index in [9.17, 15) is 64.7 Å². The zero-order chi connectivity index (χ0) is 43.6. The molecule has 0 saturated carbocycles. The van der Waals surface area contributed by atoms with Gasteiger partial charge >= 0.3 is 20.8 Å². The van der Waals surface area contributed by atoms with Gasteiger partial charge in [0.1, 0.15) is 32.6 Å². The van der Waals surface area contributed by atoms with Crippen LogP contribution >= 0.6 is 0 Å². The number of nitrogen functional groups attached to an aromatic ring is 1. The Morgan fingerprint density at radius 1 is 0.621 bits per heavy atom. The normalized spacial score (nSPS) is 13.5. The monoisotopic (exact) mass is 933 g/mol. The van der Waals surface area contributed by atoms with Gasteiger partial charge in [-0.3, -0.25) is 18.2 Å². The predicted octanol–water partition coefficient (Wildman–Crippen LogP) is 2.65. The molecule has 0 aliphatic heterocycles. The molecule has 58 heavy (non-hydrogen) atoms. The summed E-state index contributed by atoms with van der Waals surface area (Å²) in [5.74, 6) is -3.32. The number of nitrogens with two attached hydrogens (primary N) is 1. The third-order valence-electron chi connectivity index (χ3n) is 7.25. The Bertz CT molecular complexity index is 3050. The zero-order valence-corrected chi connectivity index (χ0v) is 33.6. The number of sulfone groups is 2. The Morgan fingerprint density at radius 3 is 1.62 bits per heavy atom. The van der Waals surface area contributed by atoms with E-state index in [0.29, 0.717) is 12.1 Å². The average Bonchev–Trinajstić information content (AvgIpc) is 3.08. The molecule has 0 aromatic heterocycles. The number of phenols is 1. The Morgan fingerprint density at radius 2 is 1.12 bits per heavy atom. The van der Waals surface area contributed by atoms with Crippen molar-refractivity contribution in [3.8, 4) is 11.5 Å². The van der Waals surface area contributed by atoms with Gasteiger partial charge in [0.05, 0.1) is 58.4 Å². The molecule has 0 unspecified atom stereocenters. The van der Waals surface area contributed by atoms with Gasteiger partial charge in [-0.15, -0.1) is 15.3 Å². The third kappa shape index (κ3) is 11.4. The van der Waals surface area contributed by atoms with E-state index in [-0.39, 0.29) is 11.4 Å². The maximum absolute atomic E-state index is 12.8. The Hall–Kier alpha value is -4.80. The highest BCUT2D eigenvalue weighted by molar-refractivity contribution is 7.91. The fraction of sp³-hybridized carbons (Fsp3) is 0.185. The summed E-state index contributed by atoms with van der Waals surface area (Å²) in [5.41, 5.74) is 2.62. The SMILES string of the molecule is COc1ccc(S(=O)(=O)CCOS(=O)(=O)O)cc1N=Nc1c(S(=O)(=O)O)cc2cc(S(=O)(=O)O)c(N=Nc3cccc(S(=O)(=O)CCOS(=O)(=O)O)c3)c(N)c2c1O. The molecule has 25 nitrogen and oxygen atoms in total. The first-order valence-corrected chi connectivity index (χ1v) is 23.8. The fourth-order valence-corrected chi connectivity index (χ4v) is 9.09. The molecule has 0 aliphatic rings. The lowest BCUT2D eigenvalue weighted by Crippen LogP contribution is -2.15. The van der Waals surface area contributed by atoms with Crippen molar-refractivity contribution in [3.05, 3.63) is 54.6 Å². The van der Waals surface area contributed by atoms with E-state index < -0.39 is 144 Å². The van der Waals surface area contributed by atoms with E-state index >= 15 is 0 Å². The van der Waals surface area contributed by atoms with Crippen molar-refractivity contribution in [2.24, 2.45) is 20.5 Å². The molecule has 0 amide bonds. The molecule has 0 radical (unpaired) electrons. The van der Waals surface area contributed by atoms with Crippen molar-refractivity contribution >= 4 is 99.9 Å². The van der Waals surface area contributed by atoms with E-state index in [2.05, 4.69) is 28.8 Å². The van der Waals surface area contributed by atoms with Crippen molar-refractivity contribution in [2.75, 3.05) is 37.6 Å². The van der Waals surface area contributed by atoms with Crippen LogP contribution in [0.5, 0.6) is 11.5 Å². The topological polar surface area (TPSA) is 409 Å². The second kappa shape index (κ2) is 16.8. The van der Waals surface area contributed by atoms with Crippen molar-refractivity contribution in [2.45, 2.75) is 19.6 Å². The number of phenolic OH excluding ortho intramolecular Hbond substituents is 1. The molecule has 0 aliphatic carbocycles. The maximum atomic E-state index is 12.8. The number of rotatable bonds is 17. The minimum absolute atomic E-state index is 0.200. The van der Waals surface area contributed by atoms with Gasteiger partial charge in [0.25, 0.3) is 20.2 Å². The van der Waals surface area contributed by atoms with E-state index in [1.165, 1.54) is 0 Å². The van der Waals surface area contributed by atoms with Gasteiger partial charge in [0.15, 0.2) is 25.4 Å². The first-order chi connectivity index (χ1) is 26.5. The van der Waals surface area contributed by atoms with Crippen LogP contribution in [0, 0.1) is 0 Å². The van der Waals surface area contributed by atoms with Crippen molar-refractivity contribution in [1.82, 2.24) is 0 Å². The Balaban J connectivity index is 1.88. The zero-order valence-electron chi connectivity index (χ0n) is 28.7. The van der Waals surface area contributed by atoms with Crippen LogP contribution in [-0.4, -0.2) is 106 Å². The molecular weight excluding hydrogens is 907 g/mol. The number of methoxy groups -OCH3 is 1. The number of aromatic hydroxyl groups is 1. The maximum Gasteiger partial charge on any atom is 0.397 e. The highest BCUT2D eigenvalue weighted by Gasteiger charge is 2.28. The van der Waals surface area contributed by atoms with Gasteiger partial charge in [-0.2, -0.15) is 38.8 Å². The molecule has 0 heterocycles. The number of ether oxygens (including phenoxy) is 1. The quantitative estimate of drug-likeness (QED) is 0.0503. The van der Waals surface area contributed by atoms with E-state index in [1.54, 1.807) is 0 Å². The van der Waals surface area contributed by atoms with Crippen LogP contribution < -0.4 is 10.5 Å². The number of hydrogen-bond donors (Lipinski definition) is 6. The van der Waals surface area contributed by atoms with Crippen LogP contribution in [-0.2, 0) is 69.1 Å². The second-order valence-electron chi connectivity index (χ2n) is 11.1. The summed E-state index contributed by atoms with van der Waals surface area (Å²) in [7, 11) is -28.2. The lowest BCUT2D eigenvalue weighted by atomic mass is 10.1. The minimum Gasteiger partial charge on any atom is -0.505 e. The first-order valence-electron chi connectivity index (χ1n) is 14.9. The number of nitrogens with zero attached hydrogens (tertiary/aromatic N) is 4. The molecule has 0 spiro atoms. The molecule has 4 aromatic carbocycles. The molecule has 0 saturated heterocycles. The van der Waals surface area contributed by atoms with Gasteiger partial charge in [0, 0.05) is 0 Å². The van der Waals surface area contributed by atoms with E-state index in [4.69, 9.17) is 19.6 Å². The summed E-state index contributed by atoms with van der Waals surface area (Å²) in [5, 5.41) is 25.0. The summed E-state index contributed by atoms with van der Waals surface area (Å²) in [6, 6.07) is 8.30. The molecule has 0 fully saturated rings. The van der Waals surface area contributed by atoms with E-state index in [1.807, 2.05) is 0 Å². The Kier molecular flexibility index (Phi) is 13.3. The van der Waals surface area contributed by atoms with Gasteiger partial charge in [0.2, 0.25) is 0 Å². The minimum atomic E-state index is -5.39. The predicted molar refractivity (Wildman–Crippen MR) is 197 cm³/mol. The van der Waals surface area contributed by atoms with Crippen LogP contribution in [0.15, 0.2) is 94.6 Å². The van der Waals surface area contributed by atoms with Crippen LogP contribution in [0.25, 0.3) is 10.8 Å². The molecule has 7 N–H and O–H groups in total. The van der Waals surface area contributed by atoms with Crippen molar-refractivity contribution in [1.29, 1.82) is 0 Å². The van der Waals surface area contributed by atoms with Crippen LogP contribution in [0.4, 0.5) is 28.4 Å². The number of hydrogen-bond acceptors (Lipinski definition) is 21. The number of fused-ring (bicyclic) bond motifs is 1. The van der Waals surface area contributed by atoms with Gasteiger partial charge in [-0.1, -0.05) is 6.07 Å². The Labute approximate surface area is 329 Å². The van der Waals surface area contributed by atoms with Gasteiger partial charge in [-0.25, -0.2) is 25.2 Å². The summed E-state index contributed by atoms with van der Waals surface area (Å²) < 4.78 is 195. The smallest absolute Gasteiger partial charge is 0.397 e. The van der Waals surface area contributed by atoms with E-state index in [0.717, 1.165) is 49.6 Å². The lowest BCUT2D eigenvalue weighted by Gasteiger charge is -2.14. The van der Waals surface area contributed by atoms with Crippen LogP contribution in [0.1, 0.15) is 0 Å². The summed E-state index contributed by atoms with van der Waals surface area (Å²) in [6.45, 7) is -1.97. The van der Waals surface area contributed by atoms with Gasteiger partial charge in [-0.05, 0) is 53.9 Å². The average molecular weight is 934 g/mol. The number of benzene rings is 4. The molecule has 4 aromatic rings. The highest BCUT2D eigenvalue weighted by atomic mass is 32.3.